The Hall–Kier alpha value is 0.270. The molecule has 0 radical (unpaired) electrons. The van der Waals surface area contributed by atoms with Crippen LogP contribution in [0.15, 0.2) is 0 Å². The van der Waals surface area contributed by atoms with Crippen molar-refractivity contribution in [3.63, 3.8) is 0 Å². The van der Waals surface area contributed by atoms with E-state index in [1.807, 2.05) is 11.8 Å². The van der Waals surface area contributed by atoms with Gasteiger partial charge in [0, 0.05) is 0 Å². The van der Waals surface area contributed by atoms with Crippen LogP contribution in [0.1, 0.15) is 6.42 Å². The first-order valence-electron chi connectivity index (χ1n) is 2.93. The van der Waals surface area contributed by atoms with Crippen LogP contribution in [0.25, 0.3) is 0 Å². The first-order chi connectivity index (χ1) is 3.93. The molecule has 1 rings (SSSR count). The molecule has 0 amide bonds. The van der Waals surface area contributed by atoms with E-state index in [0.717, 1.165) is 0 Å². The van der Waals surface area contributed by atoms with Gasteiger partial charge in [0.2, 0.25) is 0 Å². The molecule has 1 saturated heterocycles. The Morgan fingerprint density at radius 2 is 2.00 bits per heavy atom. The van der Waals surface area contributed by atoms with Crippen molar-refractivity contribution in [3.8, 4) is 0 Å². The highest BCUT2D eigenvalue weighted by Gasteiger charge is 2.07. The van der Waals surface area contributed by atoms with Crippen molar-refractivity contribution in [3.05, 3.63) is 0 Å². The average molecular weight is 132 g/mol. The molecular formula is C5H12N2S. The fourth-order valence-corrected chi connectivity index (χ4v) is 1.36. The standard InChI is InChI=1S/C5H12N2S/c1-8-5-6-3-2-4-7-5/h5-7H,2-4H2,1H3. The quantitative estimate of drug-likeness (QED) is 0.533. The van der Waals surface area contributed by atoms with Crippen molar-refractivity contribution < 1.29 is 0 Å². The molecule has 0 aromatic rings. The van der Waals surface area contributed by atoms with Crippen molar-refractivity contribution in [1.29, 1.82) is 0 Å². The molecule has 1 fully saturated rings. The van der Waals surface area contributed by atoms with Crippen molar-refractivity contribution in [1.82, 2.24) is 10.6 Å². The van der Waals surface area contributed by atoms with Crippen molar-refractivity contribution in [2.24, 2.45) is 0 Å². The maximum absolute atomic E-state index is 3.32. The smallest absolute Gasteiger partial charge is 0.105 e. The molecule has 0 aromatic heterocycles. The van der Waals surface area contributed by atoms with Crippen LogP contribution in [0, 0.1) is 0 Å². The van der Waals surface area contributed by atoms with E-state index in [0.29, 0.717) is 5.50 Å². The number of hydrogen-bond acceptors (Lipinski definition) is 3. The summed E-state index contributed by atoms with van der Waals surface area (Å²) in [4.78, 5) is 0. The number of thioether (sulfide) groups is 1. The van der Waals surface area contributed by atoms with E-state index in [9.17, 15) is 0 Å². The zero-order valence-electron chi connectivity index (χ0n) is 5.11. The predicted molar refractivity (Wildman–Crippen MR) is 37.9 cm³/mol. The number of nitrogens with one attached hydrogen (secondary N) is 2. The van der Waals surface area contributed by atoms with Gasteiger partial charge in [0.25, 0.3) is 0 Å². The van der Waals surface area contributed by atoms with Crippen LogP contribution in [0.5, 0.6) is 0 Å². The molecule has 1 aliphatic heterocycles. The molecule has 0 aliphatic carbocycles. The Labute approximate surface area is 54.4 Å². The molecule has 1 aliphatic rings. The van der Waals surface area contributed by atoms with Crippen molar-refractivity contribution in [2.45, 2.75) is 11.9 Å². The minimum absolute atomic E-state index is 0.503. The first-order valence-corrected chi connectivity index (χ1v) is 4.22. The molecule has 1 heterocycles. The summed E-state index contributed by atoms with van der Waals surface area (Å²) in [6, 6.07) is 0. The Morgan fingerprint density at radius 3 is 2.38 bits per heavy atom. The van der Waals surface area contributed by atoms with Gasteiger partial charge in [-0.2, -0.15) is 0 Å². The van der Waals surface area contributed by atoms with Gasteiger partial charge in [0.1, 0.15) is 5.50 Å². The molecule has 0 aromatic carbocycles. The zero-order valence-corrected chi connectivity index (χ0v) is 5.92. The Morgan fingerprint density at radius 1 is 1.38 bits per heavy atom. The highest BCUT2D eigenvalue weighted by atomic mass is 32.2. The monoisotopic (exact) mass is 132 g/mol. The van der Waals surface area contributed by atoms with E-state index < -0.39 is 0 Å². The zero-order chi connectivity index (χ0) is 5.82. The highest BCUT2D eigenvalue weighted by molar-refractivity contribution is 7.99. The molecule has 0 atom stereocenters. The lowest BCUT2D eigenvalue weighted by Crippen LogP contribution is -2.45. The minimum atomic E-state index is 0.503. The normalized spacial score (nSPS) is 23.6. The van der Waals surface area contributed by atoms with Gasteiger partial charge in [-0.3, -0.25) is 10.6 Å². The van der Waals surface area contributed by atoms with Gasteiger partial charge in [-0.05, 0) is 25.8 Å². The van der Waals surface area contributed by atoms with Crippen molar-refractivity contribution in [2.75, 3.05) is 19.3 Å². The van der Waals surface area contributed by atoms with Crippen LogP contribution in [-0.2, 0) is 0 Å². The second-order valence-corrected chi connectivity index (χ2v) is 2.82. The lowest BCUT2D eigenvalue weighted by atomic mass is 10.4. The second kappa shape index (κ2) is 3.33. The average Bonchev–Trinajstić information content (AvgIpc) is 1.90. The first kappa shape index (κ1) is 6.39. The SMILES string of the molecule is CSC1NCCCN1. The van der Waals surface area contributed by atoms with Gasteiger partial charge in [-0.15, -0.1) is 11.8 Å². The van der Waals surface area contributed by atoms with Crippen LogP contribution in [-0.4, -0.2) is 24.8 Å². The van der Waals surface area contributed by atoms with Crippen LogP contribution in [0.2, 0.25) is 0 Å². The van der Waals surface area contributed by atoms with E-state index in [-0.39, 0.29) is 0 Å². The van der Waals surface area contributed by atoms with Crippen LogP contribution < -0.4 is 10.6 Å². The summed E-state index contributed by atoms with van der Waals surface area (Å²) in [7, 11) is 0. The summed E-state index contributed by atoms with van der Waals surface area (Å²) < 4.78 is 0. The molecule has 0 bridgehead atoms. The molecule has 8 heavy (non-hydrogen) atoms. The van der Waals surface area contributed by atoms with E-state index in [2.05, 4.69) is 16.9 Å². The third kappa shape index (κ3) is 1.65. The maximum Gasteiger partial charge on any atom is 0.105 e. The molecule has 0 spiro atoms. The summed E-state index contributed by atoms with van der Waals surface area (Å²) in [5.41, 5.74) is 0.503. The molecule has 48 valence electrons. The van der Waals surface area contributed by atoms with Gasteiger partial charge in [-0.25, -0.2) is 0 Å². The summed E-state index contributed by atoms with van der Waals surface area (Å²) in [5.74, 6) is 0. The number of hydrogen-bond donors (Lipinski definition) is 2. The van der Waals surface area contributed by atoms with E-state index in [1.165, 1.54) is 19.5 Å². The van der Waals surface area contributed by atoms with Gasteiger partial charge in [0.05, 0.1) is 0 Å². The summed E-state index contributed by atoms with van der Waals surface area (Å²) in [6.07, 6.45) is 3.37. The third-order valence-corrected chi connectivity index (χ3v) is 2.05. The Balaban J connectivity index is 2.13. The van der Waals surface area contributed by atoms with E-state index in [4.69, 9.17) is 0 Å². The molecule has 0 unspecified atom stereocenters. The van der Waals surface area contributed by atoms with Gasteiger partial charge < -0.3 is 0 Å². The lowest BCUT2D eigenvalue weighted by Gasteiger charge is -2.22. The molecule has 0 saturated carbocycles. The van der Waals surface area contributed by atoms with Crippen molar-refractivity contribution >= 4 is 11.8 Å². The fraction of sp³-hybridized carbons (Fsp3) is 1.00. The fourth-order valence-electron chi connectivity index (χ4n) is 0.794. The summed E-state index contributed by atoms with van der Waals surface area (Å²) in [5, 5.41) is 6.64. The topological polar surface area (TPSA) is 24.1 Å². The minimum Gasteiger partial charge on any atom is -0.293 e. The van der Waals surface area contributed by atoms with Gasteiger partial charge >= 0.3 is 0 Å². The molecule has 3 heteroatoms. The van der Waals surface area contributed by atoms with Gasteiger partial charge in [-0.1, -0.05) is 0 Å². The predicted octanol–water partition coefficient (Wildman–Crippen LogP) is 0.216. The second-order valence-electron chi connectivity index (χ2n) is 1.88. The Kier molecular flexibility index (Phi) is 2.66. The summed E-state index contributed by atoms with van der Waals surface area (Å²) >= 11 is 1.82. The number of rotatable bonds is 1. The van der Waals surface area contributed by atoms with Crippen LogP contribution in [0.4, 0.5) is 0 Å². The molecule has 2 N–H and O–H groups in total. The van der Waals surface area contributed by atoms with Crippen LogP contribution >= 0.6 is 11.8 Å². The molecule has 2 nitrogen and oxygen atoms in total. The third-order valence-electron chi connectivity index (χ3n) is 1.25. The lowest BCUT2D eigenvalue weighted by molar-refractivity contribution is 0.465. The summed E-state index contributed by atoms with van der Waals surface area (Å²) in [6.45, 7) is 2.33. The van der Waals surface area contributed by atoms with Gasteiger partial charge in [0.15, 0.2) is 0 Å². The maximum atomic E-state index is 3.32. The van der Waals surface area contributed by atoms with Crippen LogP contribution in [0.3, 0.4) is 0 Å². The van der Waals surface area contributed by atoms with E-state index >= 15 is 0 Å². The largest absolute Gasteiger partial charge is 0.293 e. The molecular weight excluding hydrogens is 120 g/mol. The highest BCUT2D eigenvalue weighted by Crippen LogP contribution is 2.01. The van der Waals surface area contributed by atoms with E-state index in [1.54, 1.807) is 0 Å². The Bertz CT molecular complexity index is 61.4.